The molecule has 8 nitrogen and oxygen atoms in total. The fourth-order valence-corrected chi connectivity index (χ4v) is 4.21. The van der Waals surface area contributed by atoms with E-state index in [0.29, 0.717) is 41.2 Å². The quantitative estimate of drug-likeness (QED) is 0.653. The van der Waals surface area contributed by atoms with Crippen molar-refractivity contribution in [2.45, 2.75) is 32.7 Å². The summed E-state index contributed by atoms with van der Waals surface area (Å²) in [6.45, 7) is 5.40. The number of amides is 1. The number of aromatic nitrogens is 5. The van der Waals surface area contributed by atoms with Gasteiger partial charge < -0.3 is 10.2 Å². The van der Waals surface area contributed by atoms with Crippen LogP contribution < -0.4 is 5.32 Å². The molecular formula is C22H26ClN7O. The molecule has 0 bridgehead atoms. The molecule has 2 atom stereocenters. The van der Waals surface area contributed by atoms with Gasteiger partial charge in [-0.15, -0.1) is 0 Å². The van der Waals surface area contributed by atoms with Crippen molar-refractivity contribution in [2.75, 3.05) is 18.4 Å². The molecule has 0 spiro atoms. The zero-order valence-corrected chi connectivity index (χ0v) is 18.7. The molecule has 9 heteroatoms. The van der Waals surface area contributed by atoms with E-state index in [2.05, 4.69) is 32.3 Å². The number of aryl methyl sites for hydroxylation is 2. The first-order chi connectivity index (χ1) is 14.9. The molecule has 0 radical (unpaired) electrons. The summed E-state index contributed by atoms with van der Waals surface area (Å²) in [6.07, 6.45) is 8.66. The molecule has 1 N–H and O–H groups in total. The zero-order chi connectivity index (χ0) is 22.0. The molecule has 1 aliphatic heterocycles. The molecule has 4 rings (SSSR count). The van der Waals surface area contributed by atoms with Gasteiger partial charge in [0.1, 0.15) is 5.69 Å². The average molecular weight is 440 g/mol. The number of anilines is 1. The minimum Gasteiger partial charge on any atom is -0.352 e. The molecule has 3 aromatic heterocycles. The number of carbonyl (C=O) groups excluding carboxylic acids is 1. The lowest BCUT2D eigenvalue weighted by atomic mass is 9.89. The number of hydrogen-bond acceptors (Lipinski definition) is 6. The summed E-state index contributed by atoms with van der Waals surface area (Å²) in [6, 6.07) is 3.81. The minimum atomic E-state index is -0.0113. The lowest BCUT2D eigenvalue weighted by molar-refractivity contribution is 0.0540. The highest BCUT2D eigenvalue weighted by Gasteiger charge is 2.34. The summed E-state index contributed by atoms with van der Waals surface area (Å²) in [5, 5.41) is 8.00. The molecule has 0 saturated carbocycles. The van der Waals surface area contributed by atoms with Crippen molar-refractivity contribution in [1.82, 2.24) is 29.6 Å². The number of pyridine rings is 1. The lowest BCUT2D eigenvalue weighted by Gasteiger charge is -2.40. The Bertz CT molecular complexity index is 1070. The molecular weight excluding hydrogens is 414 g/mol. The highest BCUT2D eigenvalue weighted by Crippen LogP contribution is 2.29. The smallest absolute Gasteiger partial charge is 0.256 e. The van der Waals surface area contributed by atoms with Crippen LogP contribution in [0, 0.1) is 12.8 Å². The van der Waals surface area contributed by atoms with Crippen molar-refractivity contribution >= 4 is 23.5 Å². The molecule has 0 aliphatic carbocycles. The maximum atomic E-state index is 13.8. The van der Waals surface area contributed by atoms with Gasteiger partial charge in [-0.05, 0) is 43.4 Å². The highest BCUT2D eigenvalue weighted by atomic mass is 35.5. The van der Waals surface area contributed by atoms with Gasteiger partial charge in [-0.1, -0.05) is 18.5 Å². The van der Waals surface area contributed by atoms with E-state index >= 15 is 0 Å². The van der Waals surface area contributed by atoms with Crippen molar-refractivity contribution in [3.05, 3.63) is 53.1 Å². The van der Waals surface area contributed by atoms with Crippen molar-refractivity contribution in [3.8, 4) is 11.4 Å². The van der Waals surface area contributed by atoms with Gasteiger partial charge in [-0.3, -0.25) is 14.5 Å². The van der Waals surface area contributed by atoms with Crippen molar-refractivity contribution in [3.63, 3.8) is 0 Å². The van der Waals surface area contributed by atoms with Crippen LogP contribution in [-0.2, 0) is 7.05 Å². The van der Waals surface area contributed by atoms with Crippen LogP contribution in [0.4, 0.5) is 5.95 Å². The van der Waals surface area contributed by atoms with Crippen molar-refractivity contribution in [2.24, 2.45) is 13.0 Å². The topological polar surface area (TPSA) is 88.8 Å². The maximum absolute atomic E-state index is 13.8. The van der Waals surface area contributed by atoms with Crippen LogP contribution in [0.25, 0.3) is 11.4 Å². The molecule has 0 aromatic carbocycles. The first-order valence-electron chi connectivity index (χ1n) is 10.4. The maximum Gasteiger partial charge on any atom is 0.256 e. The second kappa shape index (κ2) is 9.01. The molecule has 1 aliphatic rings. The van der Waals surface area contributed by atoms with Crippen LogP contribution in [-0.4, -0.2) is 54.7 Å². The Kier molecular flexibility index (Phi) is 6.18. The van der Waals surface area contributed by atoms with Crippen LogP contribution in [0.1, 0.15) is 35.7 Å². The third-order valence-electron chi connectivity index (χ3n) is 5.78. The summed E-state index contributed by atoms with van der Waals surface area (Å²) in [5.41, 5.74) is 3.02. The third kappa shape index (κ3) is 4.54. The van der Waals surface area contributed by atoms with E-state index in [1.165, 1.54) is 0 Å². The summed E-state index contributed by atoms with van der Waals surface area (Å²) in [5.74, 6) is 0.834. The van der Waals surface area contributed by atoms with Crippen LogP contribution in [0.15, 0.2) is 36.9 Å². The highest BCUT2D eigenvalue weighted by molar-refractivity contribution is 6.30. The largest absolute Gasteiger partial charge is 0.352 e. The standard InChI is InChI=1S/C22H26ClN7O/c1-14-9-17(20(24-10-14)18-6-7-28-29(18)3)21(31)30-8-4-5-15(2)19(30)13-27-22-25-11-16(23)12-26-22/h6-7,9-12,15,19H,4-5,8,13H2,1-3H3,(H,25,26,27)/t15-,19-/m1/s1. The Balaban J connectivity index is 1.62. The van der Waals surface area contributed by atoms with E-state index in [1.54, 1.807) is 29.5 Å². The summed E-state index contributed by atoms with van der Waals surface area (Å²) in [7, 11) is 1.85. The Labute approximate surface area is 186 Å². The minimum absolute atomic E-state index is 0.0113. The van der Waals surface area contributed by atoms with E-state index < -0.39 is 0 Å². The number of halogens is 1. The Morgan fingerprint density at radius 2 is 2.03 bits per heavy atom. The number of rotatable bonds is 5. The molecule has 0 unspecified atom stereocenters. The molecule has 162 valence electrons. The first kappa shape index (κ1) is 21.2. The van der Waals surface area contributed by atoms with Gasteiger partial charge in [0.15, 0.2) is 0 Å². The van der Waals surface area contributed by atoms with E-state index in [-0.39, 0.29) is 11.9 Å². The molecule has 1 fully saturated rings. The fraction of sp³-hybridized carbons (Fsp3) is 0.409. The second-order valence-electron chi connectivity index (χ2n) is 8.04. The van der Waals surface area contributed by atoms with Crippen molar-refractivity contribution in [1.29, 1.82) is 0 Å². The lowest BCUT2D eigenvalue weighted by Crippen LogP contribution is -2.51. The third-order valence-corrected chi connectivity index (χ3v) is 5.98. The van der Waals surface area contributed by atoms with Gasteiger partial charge in [0.05, 0.1) is 34.7 Å². The Morgan fingerprint density at radius 1 is 1.26 bits per heavy atom. The summed E-state index contributed by atoms with van der Waals surface area (Å²) < 4.78 is 1.74. The zero-order valence-electron chi connectivity index (χ0n) is 17.9. The number of nitrogens with one attached hydrogen (secondary N) is 1. The van der Waals surface area contributed by atoms with E-state index in [4.69, 9.17) is 11.6 Å². The average Bonchev–Trinajstić information content (AvgIpc) is 3.19. The molecule has 31 heavy (non-hydrogen) atoms. The Morgan fingerprint density at radius 3 is 2.74 bits per heavy atom. The predicted molar refractivity (Wildman–Crippen MR) is 120 cm³/mol. The summed E-state index contributed by atoms with van der Waals surface area (Å²) >= 11 is 5.88. The van der Waals surface area contributed by atoms with Crippen LogP contribution in [0.5, 0.6) is 0 Å². The number of piperidine rings is 1. The number of hydrogen-bond donors (Lipinski definition) is 1. The molecule has 4 heterocycles. The monoisotopic (exact) mass is 439 g/mol. The van der Waals surface area contributed by atoms with E-state index in [1.807, 2.05) is 31.0 Å². The van der Waals surface area contributed by atoms with Crippen LogP contribution in [0.2, 0.25) is 5.02 Å². The van der Waals surface area contributed by atoms with E-state index in [9.17, 15) is 4.79 Å². The first-order valence-corrected chi connectivity index (χ1v) is 10.8. The Hall–Kier alpha value is -3.00. The summed E-state index contributed by atoms with van der Waals surface area (Å²) in [4.78, 5) is 28.7. The van der Waals surface area contributed by atoms with Gasteiger partial charge in [0, 0.05) is 32.5 Å². The number of carbonyl (C=O) groups is 1. The SMILES string of the molecule is Cc1cnc(-c2ccnn2C)c(C(=O)N2CCC[C@@H](C)[C@H]2CNc2ncc(Cl)cn2)c1. The van der Waals surface area contributed by atoms with Gasteiger partial charge in [0.25, 0.3) is 5.91 Å². The predicted octanol–water partition coefficient (Wildman–Crippen LogP) is 3.59. The van der Waals surface area contributed by atoms with Crippen LogP contribution >= 0.6 is 11.6 Å². The number of likely N-dealkylation sites (tertiary alicyclic amines) is 1. The van der Waals surface area contributed by atoms with Gasteiger partial charge >= 0.3 is 0 Å². The normalized spacial score (nSPS) is 18.8. The molecule has 3 aromatic rings. The molecule has 1 saturated heterocycles. The fourth-order valence-electron chi connectivity index (χ4n) is 4.11. The van der Waals surface area contributed by atoms with Crippen LogP contribution in [0.3, 0.4) is 0 Å². The second-order valence-corrected chi connectivity index (χ2v) is 8.48. The van der Waals surface area contributed by atoms with Crippen molar-refractivity contribution < 1.29 is 4.79 Å². The van der Waals surface area contributed by atoms with Gasteiger partial charge in [0.2, 0.25) is 5.95 Å². The molecule has 1 amide bonds. The van der Waals surface area contributed by atoms with E-state index in [0.717, 1.165) is 24.1 Å². The number of nitrogens with zero attached hydrogens (tertiary/aromatic N) is 6. The van der Waals surface area contributed by atoms with Gasteiger partial charge in [-0.2, -0.15) is 5.10 Å². The van der Waals surface area contributed by atoms with Gasteiger partial charge in [-0.25, -0.2) is 9.97 Å².